The molecular weight excluding hydrogens is 1260 g/mol. The molecule has 14 atom stereocenters. The standard InChI is InChI=1S/C63H99ClN12O19/c1-11-13-14-15-16-17-21-37-54(86)68-38(22-18-24-76-30-36-46(51(83)63(76)23-19-25-94-63)47(64)52(84)62(10,50(36)82)95-45(81)20-12-2)55(87)74-48(34(8)77)60(92)67-33(7)53(85)70-41(28-43(65)79)57(89)72-42(29-44(66)80)58(90)71-40(27-32(5)6)59(91)75-49(35(9)78)61(93)73-39(26-31(3)4)56(88)69-37/h30-35,37-42,48-49,51,77-78,83H,11-29H2,1-10H3,(H2,65,79)(H2,66,80)(H,67,92)(H,68,86)(H,69,88)(H,70,85)(H,71,90)(H,72,89)(H,73,93)(H,74,87)(H,75,91)/t33-,34+,35+,37+,38-,39+,40+,41-,42+,48-,49-,51-,62+,63-/m0/s1. The van der Waals surface area contributed by atoms with Crippen LogP contribution in [-0.4, -0.2) is 200 Å². The number of halogens is 1. The van der Waals surface area contributed by atoms with Gasteiger partial charge in [0.15, 0.2) is 5.72 Å². The van der Waals surface area contributed by atoms with E-state index < -0.39 is 184 Å². The highest BCUT2D eigenvalue weighted by Gasteiger charge is 2.60. The van der Waals surface area contributed by atoms with Crippen LogP contribution in [0.2, 0.25) is 0 Å². The number of hydrogen-bond donors (Lipinski definition) is 14. The van der Waals surface area contributed by atoms with E-state index >= 15 is 4.79 Å². The van der Waals surface area contributed by atoms with Crippen molar-refractivity contribution in [2.45, 2.75) is 262 Å². The highest BCUT2D eigenvalue weighted by molar-refractivity contribution is 6.49. The Bertz CT molecular complexity index is 2910. The van der Waals surface area contributed by atoms with Gasteiger partial charge in [0.2, 0.25) is 82.1 Å². The Morgan fingerprint density at radius 3 is 1.52 bits per heavy atom. The largest absolute Gasteiger partial charge is 0.442 e. The van der Waals surface area contributed by atoms with Crippen LogP contribution in [0.15, 0.2) is 22.4 Å². The summed E-state index contributed by atoms with van der Waals surface area (Å²) in [4.78, 5) is 196. The Hall–Kier alpha value is -7.61. The molecule has 11 amide bonds. The Labute approximate surface area is 558 Å². The second-order valence-electron chi connectivity index (χ2n) is 25.9. The van der Waals surface area contributed by atoms with Gasteiger partial charge >= 0.3 is 5.97 Å². The molecule has 0 aromatic heterocycles. The van der Waals surface area contributed by atoms with Crippen molar-refractivity contribution in [1.82, 2.24) is 52.8 Å². The molecule has 95 heavy (non-hydrogen) atoms. The molecule has 0 aromatic rings. The molecule has 1 aliphatic carbocycles. The molecular formula is C63H99ClN12O19. The van der Waals surface area contributed by atoms with E-state index in [-0.39, 0.29) is 81.1 Å². The van der Waals surface area contributed by atoms with Crippen LogP contribution in [0.3, 0.4) is 0 Å². The van der Waals surface area contributed by atoms with Gasteiger partial charge in [0.05, 0.1) is 30.1 Å². The number of ether oxygens (including phenoxy) is 2. The average molecular weight is 1360 g/mol. The highest BCUT2D eigenvalue weighted by Crippen LogP contribution is 2.48. The Kier molecular flexibility index (Phi) is 30.7. The third-order valence-corrected chi connectivity index (χ3v) is 17.1. The van der Waals surface area contributed by atoms with Gasteiger partial charge in [-0.25, -0.2) is 0 Å². The van der Waals surface area contributed by atoms with Gasteiger partial charge in [-0.3, -0.25) is 67.1 Å². The van der Waals surface area contributed by atoms with Crippen molar-refractivity contribution in [3.63, 3.8) is 0 Å². The monoisotopic (exact) mass is 1360 g/mol. The molecule has 3 heterocycles. The number of amides is 11. The first-order valence-corrected chi connectivity index (χ1v) is 33.1. The number of fused-ring (bicyclic) bond motifs is 1. The summed E-state index contributed by atoms with van der Waals surface area (Å²) in [6.07, 6.45) is -1.28. The maximum atomic E-state index is 15.0. The zero-order valence-corrected chi connectivity index (χ0v) is 56.7. The van der Waals surface area contributed by atoms with Crippen molar-refractivity contribution in [2.75, 3.05) is 13.2 Å². The van der Waals surface area contributed by atoms with Crippen LogP contribution in [-0.2, 0) is 76.6 Å². The summed E-state index contributed by atoms with van der Waals surface area (Å²) >= 11 is 6.67. The third-order valence-electron chi connectivity index (χ3n) is 16.8. The van der Waals surface area contributed by atoms with Crippen LogP contribution in [0, 0.1) is 11.8 Å². The Morgan fingerprint density at radius 2 is 1.03 bits per heavy atom. The highest BCUT2D eigenvalue weighted by atomic mass is 35.5. The maximum Gasteiger partial charge on any atom is 0.307 e. The molecule has 532 valence electrons. The number of nitrogens with two attached hydrogens (primary N) is 2. The van der Waals surface area contributed by atoms with Crippen molar-refractivity contribution in [3.8, 4) is 0 Å². The zero-order valence-electron chi connectivity index (χ0n) is 55.9. The quantitative estimate of drug-likeness (QED) is 0.0292. The number of hydrogen-bond acceptors (Lipinski definition) is 20. The molecule has 0 radical (unpaired) electrons. The van der Waals surface area contributed by atoms with Gasteiger partial charge in [0.1, 0.15) is 60.5 Å². The topological polar surface area (TPSA) is 482 Å². The summed E-state index contributed by atoms with van der Waals surface area (Å²) in [6, 6.07) is -15.3. The van der Waals surface area contributed by atoms with Crippen molar-refractivity contribution in [3.05, 3.63) is 22.4 Å². The van der Waals surface area contributed by atoms with Crippen LogP contribution in [0.5, 0.6) is 0 Å². The molecule has 4 aliphatic rings. The number of rotatable bonds is 24. The summed E-state index contributed by atoms with van der Waals surface area (Å²) in [5, 5.41) is 55.9. The van der Waals surface area contributed by atoms with Crippen LogP contribution in [0.4, 0.5) is 0 Å². The minimum atomic E-state index is -2.42. The van der Waals surface area contributed by atoms with Crippen LogP contribution >= 0.6 is 11.6 Å². The van der Waals surface area contributed by atoms with E-state index in [4.69, 9.17) is 32.5 Å². The Morgan fingerprint density at radius 1 is 0.600 bits per heavy atom. The van der Waals surface area contributed by atoms with E-state index in [1.807, 2.05) is 6.92 Å². The van der Waals surface area contributed by atoms with E-state index in [0.717, 1.165) is 46.5 Å². The molecule has 2 saturated heterocycles. The molecule has 0 unspecified atom stereocenters. The van der Waals surface area contributed by atoms with Gasteiger partial charge in [-0.2, -0.15) is 0 Å². The van der Waals surface area contributed by atoms with Gasteiger partial charge in [0.25, 0.3) is 0 Å². The van der Waals surface area contributed by atoms with Crippen molar-refractivity contribution in [2.24, 2.45) is 23.3 Å². The van der Waals surface area contributed by atoms with E-state index in [1.165, 1.54) is 18.0 Å². The van der Waals surface area contributed by atoms with Crippen molar-refractivity contribution >= 4 is 94.1 Å². The van der Waals surface area contributed by atoms with Crippen molar-refractivity contribution in [1.29, 1.82) is 0 Å². The summed E-state index contributed by atoms with van der Waals surface area (Å²) in [5.41, 5.74) is 6.34. The van der Waals surface area contributed by atoms with Crippen LogP contribution < -0.4 is 59.3 Å². The Balaban J connectivity index is 1.89. The number of unbranched alkanes of at least 4 members (excludes halogenated alkanes) is 5. The van der Waals surface area contributed by atoms with E-state index in [1.54, 1.807) is 34.6 Å². The second-order valence-corrected chi connectivity index (χ2v) is 26.3. The minimum absolute atomic E-state index is 0.0310. The zero-order chi connectivity index (χ0) is 71.4. The first-order chi connectivity index (χ1) is 44.5. The second kappa shape index (κ2) is 36.5. The fourth-order valence-corrected chi connectivity index (χ4v) is 12.0. The lowest BCUT2D eigenvalue weighted by Crippen LogP contribution is -2.62. The third kappa shape index (κ3) is 22.0. The number of ketones is 2. The first-order valence-electron chi connectivity index (χ1n) is 32.7. The van der Waals surface area contributed by atoms with Gasteiger partial charge in [-0.15, -0.1) is 0 Å². The normalized spacial score (nSPS) is 28.9. The number of aliphatic hydroxyl groups is 3. The molecule has 4 rings (SSSR count). The summed E-state index contributed by atoms with van der Waals surface area (Å²) in [6.45, 7) is 15.0. The number of aliphatic hydroxyl groups excluding tert-OH is 3. The van der Waals surface area contributed by atoms with Crippen LogP contribution in [0.1, 0.15) is 178 Å². The lowest BCUT2D eigenvalue weighted by molar-refractivity contribution is -0.174. The average Bonchev–Trinajstić information content (AvgIpc) is 1.65. The summed E-state index contributed by atoms with van der Waals surface area (Å²) in [7, 11) is 0. The molecule has 0 saturated carbocycles. The number of esters is 1. The fraction of sp³-hybridized carbons (Fsp3) is 0.714. The first kappa shape index (κ1) is 79.8. The van der Waals surface area contributed by atoms with Gasteiger partial charge < -0.3 is 89.0 Å². The number of nitrogens with one attached hydrogen (secondary N) is 9. The fourth-order valence-electron chi connectivity index (χ4n) is 11.6. The molecule has 0 aromatic carbocycles. The SMILES string of the molecule is CCCCCCCC[C@H]1NC(=O)[C@@H](CC(C)C)NC(=O)[C@H]([C@@H](C)O)NC(=O)[C@@H](CC(C)C)NC(=O)[C@@H](CC(N)=O)NC(=O)[C@H](CC(N)=O)NC(=O)[C@H](C)NC(=O)[C@H]([C@@H](C)O)NC(=O)[C@H](CCCN2C=C3C(=O)[C@@](C)(OC(=O)CCC)C(=O)C(Cl)=C3[C@H](O)[C@@]23CCCO3)NC1=O. The predicted molar refractivity (Wildman–Crippen MR) is 341 cm³/mol. The smallest absolute Gasteiger partial charge is 0.307 e. The molecule has 16 N–H and O–H groups in total. The number of nitrogens with zero attached hydrogens (tertiary/aromatic N) is 1. The van der Waals surface area contributed by atoms with Gasteiger partial charge in [-0.1, -0.05) is 91.7 Å². The molecule has 0 bridgehead atoms. The minimum Gasteiger partial charge on any atom is -0.442 e. The van der Waals surface area contributed by atoms with Crippen LogP contribution in [0.25, 0.3) is 0 Å². The van der Waals surface area contributed by atoms with Gasteiger partial charge in [-0.05, 0) is 84.5 Å². The number of Topliss-reactive ketones (excluding diaryl/α,β-unsaturated/α-hetero) is 2. The number of carbonyl (C=O) groups is 14. The summed E-state index contributed by atoms with van der Waals surface area (Å²) in [5.74, 6) is -15.8. The summed E-state index contributed by atoms with van der Waals surface area (Å²) < 4.78 is 11.7. The molecule has 31 nitrogen and oxygen atoms in total. The van der Waals surface area contributed by atoms with Gasteiger partial charge in [0, 0.05) is 43.3 Å². The molecule has 1 spiro atoms. The lowest BCUT2D eigenvalue weighted by Gasteiger charge is -2.49. The molecule has 32 heteroatoms. The lowest BCUT2D eigenvalue weighted by atomic mass is 9.74. The molecule has 3 aliphatic heterocycles. The molecule has 2 fully saturated rings. The predicted octanol–water partition coefficient (Wildman–Crippen LogP) is -1.67. The number of carbonyl (C=O) groups excluding carboxylic acids is 14. The van der Waals surface area contributed by atoms with E-state index in [0.29, 0.717) is 25.7 Å². The number of primary amides is 2. The maximum absolute atomic E-state index is 15.0. The van der Waals surface area contributed by atoms with Crippen molar-refractivity contribution < 1.29 is 91.9 Å². The van der Waals surface area contributed by atoms with E-state index in [2.05, 4.69) is 47.9 Å². The van der Waals surface area contributed by atoms with E-state index in [9.17, 15) is 77.6 Å².